The molecule has 0 amide bonds. The SMILES string of the molecule is CO[B]Nc1ccc(C)c(OCCN(C)C)c1. The van der Waals surface area contributed by atoms with Crippen LogP contribution in [0.5, 0.6) is 5.75 Å². The molecule has 1 aromatic rings. The Morgan fingerprint density at radius 3 is 2.76 bits per heavy atom. The summed E-state index contributed by atoms with van der Waals surface area (Å²) in [7, 11) is 7.20. The summed E-state index contributed by atoms with van der Waals surface area (Å²) >= 11 is 0. The Morgan fingerprint density at radius 2 is 2.12 bits per heavy atom. The Kier molecular flexibility index (Phi) is 5.87. The average Bonchev–Trinajstić information content (AvgIpc) is 2.29. The third-order valence-corrected chi connectivity index (χ3v) is 2.33. The minimum atomic E-state index is 0.686. The summed E-state index contributed by atoms with van der Waals surface area (Å²) in [6.45, 7) is 3.63. The van der Waals surface area contributed by atoms with Crippen molar-refractivity contribution in [1.82, 2.24) is 4.90 Å². The van der Waals surface area contributed by atoms with E-state index in [1.54, 1.807) is 7.11 Å². The van der Waals surface area contributed by atoms with E-state index in [0.717, 1.165) is 23.5 Å². The molecule has 0 aliphatic carbocycles. The number of rotatable bonds is 7. The molecular formula is C12H20BN2O2. The summed E-state index contributed by atoms with van der Waals surface area (Å²) in [5.74, 6) is 0.904. The van der Waals surface area contributed by atoms with Gasteiger partial charge in [-0.3, -0.25) is 0 Å². The van der Waals surface area contributed by atoms with Crippen LogP contribution in [0, 0.1) is 6.92 Å². The number of aryl methyl sites for hydroxylation is 1. The van der Waals surface area contributed by atoms with Crippen molar-refractivity contribution in [1.29, 1.82) is 0 Å². The predicted molar refractivity (Wildman–Crippen MR) is 71.6 cm³/mol. The topological polar surface area (TPSA) is 33.7 Å². The summed E-state index contributed by atoms with van der Waals surface area (Å²) in [5, 5.41) is 3.02. The van der Waals surface area contributed by atoms with Crippen LogP contribution in [0.25, 0.3) is 0 Å². The van der Waals surface area contributed by atoms with Crippen molar-refractivity contribution in [3.8, 4) is 5.75 Å². The second kappa shape index (κ2) is 7.19. The maximum Gasteiger partial charge on any atom is 0.435 e. The van der Waals surface area contributed by atoms with Crippen molar-refractivity contribution in [2.24, 2.45) is 0 Å². The largest absolute Gasteiger partial charge is 0.492 e. The molecule has 4 nitrogen and oxygen atoms in total. The molecule has 0 aliphatic rings. The third kappa shape index (κ3) is 5.11. The van der Waals surface area contributed by atoms with Gasteiger partial charge in [0.25, 0.3) is 0 Å². The number of nitrogens with zero attached hydrogens (tertiary/aromatic N) is 1. The van der Waals surface area contributed by atoms with Crippen LogP contribution >= 0.6 is 0 Å². The van der Waals surface area contributed by atoms with Crippen molar-refractivity contribution in [3.63, 3.8) is 0 Å². The number of anilines is 1. The van der Waals surface area contributed by atoms with Gasteiger partial charge in [-0.2, -0.15) is 0 Å². The second-order valence-corrected chi connectivity index (χ2v) is 4.13. The Bertz CT molecular complexity index is 345. The van der Waals surface area contributed by atoms with Gasteiger partial charge in [0.1, 0.15) is 12.4 Å². The van der Waals surface area contributed by atoms with Crippen molar-refractivity contribution >= 4 is 13.3 Å². The fraction of sp³-hybridized carbons (Fsp3) is 0.500. The minimum absolute atomic E-state index is 0.686. The molecular weight excluding hydrogens is 215 g/mol. The van der Waals surface area contributed by atoms with Gasteiger partial charge in [-0.05, 0) is 32.6 Å². The van der Waals surface area contributed by atoms with Crippen LogP contribution in [-0.4, -0.2) is 46.9 Å². The van der Waals surface area contributed by atoms with Crippen molar-refractivity contribution in [3.05, 3.63) is 23.8 Å². The van der Waals surface area contributed by atoms with Gasteiger partial charge in [0.15, 0.2) is 0 Å². The maximum absolute atomic E-state index is 5.73. The predicted octanol–water partition coefficient (Wildman–Crippen LogP) is 1.53. The lowest BCUT2D eigenvalue weighted by molar-refractivity contribution is 0.260. The average molecular weight is 235 g/mol. The fourth-order valence-corrected chi connectivity index (χ4v) is 1.31. The summed E-state index contributed by atoms with van der Waals surface area (Å²) in [6, 6.07) is 5.99. The zero-order chi connectivity index (χ0) is 12.7. The molecule has 0 aliphatic heterocycles. The number of hydrogen-bond acceptors (Lipinski definition) is 4. The molecule has 1 radical (unpaired) electrons. The molecule has 17 heavy (non-hydrogen) atoms. The van der Waals surface area contributed by atoms with Gasteiger partial charge in [0, 0.05) is 25.4 Å². The summed E-state index contributed by atoms with van der Waals surface area (Å²) in [4.78, 5) is 2.09. The molecule has 0 heterocycles. The smallest absolute Gasteiger partial charge is 0.435 e. The number of likely N-dealkylation sites (N-methyl/N-ethyl adjacent to an activating group) is 1. The van der Waals surface area contributed by atoms with E-state index in [2.05, 4.69) is 10.1 Å². The van der Waals surface area contributed by atoms with E-state index in [9.17, 15) is 0 Å². The van der Waals surface area contributed by atoms with E-state index in [4.69, 9.17) is 9.39 Å². The first-order valence-electron chi connectivity index (χ1n) is 5.62. The van der Waals surface area contributed by atoms with Gasteiger partial charge in [-0.25, -0.2) is 0 Å². The first kappa shape index (κ1) is 13.9. The number of ether oxygens (including phenoxy) is 1. The zero-order valence-electron chi connectivity index (χ0n) is 11.0. The molecule has 0 saturated carbocycles. The van der Waals surface area contributed by atoms with Crippen LogP contribution < -0.4 is 9.96 Å². The van der Waals surface area contributed by atoms with Crippen molar-refractivity contribution in [2.45, 2.75) is 6.92 Å². The monoisotopic (exact) mass is 235 g/mol. The zero-order valence-corrected chi connectivity index (χ0v) is 11.0. The minimum Gasteiger partial charge on any atom is -0.492 e. The van der Waals surface area contributed by atoms with Gasteiger partial charge in [0.05, 0.1) is 0 Å². The summed E-state index contributed by atoms with van der Waals surface area (Å²) in [5.41, 5.74) is 2.09. The van der Waals surface area contributed by atoms with Gasteiger partial charge in [0.2, 0.25) is 0 Å². The van der Waals surface area contributed by atoms with Crippen LogP contribution in [0.2, 0.25) is 0 Å². The number of hydrogen-bond donors (Lipinski definition) is 1. The molecule has 1 N–H and O–H groups in total. The van der Waals surface area contributed by atoms with Gasteiger partial charge in [-0.1, -0.05) is 6.07 Å². The molecule has 5 heteroatoms. The molecule has 93 valence electrons. The van der Waals surface area contributed by atoms with Crippen LogP contribution in [0.1, 0.15) is 5.56 Å². The molecule has 0 unspecified atom stereocenters. The van der Waals surface area contributed by atoms with E-state index < -0.39 is 0 Å². The maximum atomic E-state index is 5.73. The molecule has 0 fully saturated rings. The second-order valence-electron chi connectivity index (χ2n) is 4.13. The van der Waals surface area contributed by atoms with E-state index in [0.29, 0.717) is 6.61 Å². The standard InChI is InChI=1S/C12H20BN2O2/c1-10-5-6-11(14-13-16-4)9-12(10)17-8-7-15(2)3/h5-6,9,14H,7-8H2,1-4H3. The Balaban J connectivity index is 2.56. The lowest BCUT2D eigenvalue weighted by Crippen LogP contribution is -2.19. The molecule has 0 bridgehead atoms. The molecule has 0 saturated heterocycles. The first-order valence-corrected chi connectivity index (χ1v) is 5.62. The number of benzene rings is 1. The Morgan fingerprint density at radius 1 is 1.35 bits per heavy atom. The van der Waals surface area contributed by atoms with Crippen LogP contribution in [0.15, 0.2) is 18.2 Å². The van der Waals surface area contributed by atoms with Crippen LogP contribution in [0.3, 0.4) is 0 Å². The highest BCUT2D eigenvalue weighted by atomic mass is 16.5. The van der Waals surface area contributed by atoms with Gasteiger partial charge < -0.3 is 19.5 Å². The van der Waals surface area contributed by atoms with Crippen molar-refractivity contribution in [2.75, 3.05) is 39.6 Å². The molecule has 0 spiro atoms. The Hall–Kier alpha value is -1.20. The molecule has 0 atom stereocenters. The summed E-state index contributed by atoms with van der Waals surface area (Å²) < 4.78 is 10.6. The quantitative estimate of drug-likeness (QED) is 0.726. The van der Waals surface area contributed by atoms with Crippen LogP contribution in [0.4, 0.5) is 5.69 Å². The van der Waals surface area contributed by atoms with Gasteiger partial charge >= 0.3 is 7.62 Å². The first-order chi connectivity index (χ1) is 8.13. The van der Waals surface area contributed by atoms with Gasteiger partial charge in [-0.15, -0.1) is 0 Å². The highest BCUT2D eigenvalue weighted by Crippen LogP contribution is 2.22. The lowest BCUT2D eigenvalue weighted by Gasteiger charge is -2.14. The van der Waals surface area contributed by atoms with E-state index >= 15 is 0 Å². The fourth-order valence-electron chi connectivity index (χ4n) is 1.31. The van der Waals surface area contributed by atoms with E-state index in [1.807, 2.05) is 39.2 Å². The number of nitrogens with one attached hydrogen (secondary N) is 1. The molecule has 1 aromatic carbocycles. The molecule has 0 aromatic heterocycles. The van der Waals surface area contributed by atoms with Crippen molar-refractivity contribution < 1.29 is 9.39 Å². The van der Waals surface area contributed by atoms with Crippen LogP contribution in [-0.2, 0) is 4.65 Å². The summed E-state index contributed by atoms with van der Waals surface area (Å²) in [6.07, 6.45) is 0. The third-order valence-electron chi connectivity index (χ3n) is 2.33. The lowest BCUT2D eigenvalue weighted by atomic mass is 10.1. The highest BCUT2D eigenvalue weighted by Gasteiger charge is 2.02. The van der Waals surface area contributed by atoms with E-state index in [-0.39, 0.29) is 0 Å². The molecule has 1 rings (SSSR count). The van der Waals surface area contributed by atoms with E-state index in [1.165, 1.54) is 7.62 Å². The normalized spacial score (nSPS) is 10.4. The highest BCUT2D eigenvalue weighted by molar-refractivity contribution is 6.32. The Labute approximate surface area is 104 Å².